The summed E-state index contributed by atoms with van der Waals surface area (Å²) in [7, 11) is 0. The van der Waals surface area contributed by atoms with Crippen LogP contribution in [0.3, 0.4) is 0 Å². The summed E-state index contributed by atoms with van der Waals surface area (Å²) in [4.78, 5) is 13.3. The van der Waals surface area contributed by atoms with Gasteiger partial charge in [0.1, 0.15) is 5.82 Å². The minimum absolute atomic E-state index is 0.0249. The highest BCUT2D eigenvalue weighted by molar-refractivity contribution is 14.1. The van der Waals surface area contributed by atoms with Crippen LogP contribution in [0.2, 0.25) is 5.02 Å². The number of benzene rings is 1. The molecule has 2 heterocycles. The lowest BCUT2D eigenvalue weighted by Gasteiger charge is -2.14. The summed E-state index contributed by atoms with van der Waals surface area (Å²) in [5.74, 6) is 0.982. The molecular formula is C18H17ClIN5O. The second-order valence-corrected chi connectivity index (χ2v) is 7.31. The molecule has 3 N–H and O–H groups in total. The number of rotatable bonds is 6. The summed E-state index contributed by atoms with van der Waals surface area (Å²) in [6.45, 7) is 1.82. The van der Waals surface area contributed by atoms with Crippen LogP contribution in [0.15, 0.2) is 48.7 Å². The molecule has 3 rings (SSSR count). The van der Waals surface area contributed by atoms with Crippen LogP contribution in [-0.2, 0) is 0 Å². The lowest BCUT2D eigenvalue weighted by molar-refractivity contribution is 0.281. The van der Waals surface area contributed by atoms with E-state index in [9.17, 15) is 5.11 Å². The lowest BCUT2D eigenvalue weighted by Crippen LogP contribution is -2.21. The molecule has 0 unspecified atom stereocenters. The molecule has 0 aliphatic heterocycles. The molecule has 0 radical (unpaired) electrons. The van der Waals surface area contributed by atoms with E-state index >= 15 is 0 Å². The van der Waals surface area contributed by atoms with Gasteiger partial charge in [-0.2, -0.15) is 4.98 Å². The van der Waals surface area contributed by atoms with Crippen molar-refractivity contribution in [3.8, 4) is 11.4 Å². The van der Waals surface area contributed by atoms with Gasteiger partial charge in [-0.15, -0.1) is 0 Å². The van der Waals surface area contributed by atoms with E-state index in [2.05, 4.69) is 48.2 Å². The van der Waals surface area contributed by atoms with E-state index in [0.29, 0.717) is 22.5 Å². The zero-order valence-electron chi connectivity index (χ0n) is 13.9. The van der Waals surface area contributed by atoms with E-state index in [0.717, 1.165) is 15.0 Å². The van der Waals surface area contributed by atoms with E-state index in [-0.39, 0.29) is 12.6 Å². The van der Waals surface area contributed by atoms with Crippen LogP contribution >= 0.6 is 34.2 Å². The van der Waals surface area contributed by atoms with Gasteiger partial charge in [0.25, 0.3) is 0 Å². The Morgan fingerprint density at radius 1 is 1.15 bits per heavy atom. The van der Waals surface area contributed by atoms with Gasteiger partial charge in [0, 0.05) is 21.9 Å². The Labute approximate surface area is 170 Å². The van der Waals surface area contributed by atoms with Crippen molar-refractivity contribution in [1.82, 2.24) is 15.0 Å². The number of halogens is 2. The maximum atomic E-state index is 9.29. The van der Waals surface area contributed by atoms with Crippen LogP contribution in [0, 0.1) is 3.57 Å². The highest BCUT2D eigenvalue weighted by Gasteiger charge is 2.11. The summed E-state index contributed by atoms with van der Waals surface area (Å²) in [6, 6.07) is 13.0. The van der Waals surface area contributed by atoms with Crippen molar-refractivity contribution in [2.24, 2.45) is 0 Å². The molecule has 8 heteroatoms. The Hall–Kier alpha value is -1.97. The van der Waals surface area contributed by atoms with Gasteiger partial charge in [-0.1, -0.05) is 17.7 Å². The Bertz CT molecular complexity index is 894. The molecule has 2 aromatic heterocycles. The summed E-state index contributed by atoms with van der Waals surface area (Å²) < 4.78 is 1.05. The molecule has 6 nitrogen and oxygen atoms in total. The highest BCUT2D eigenvalue weighted by atomic mass is 127. The fourth-order valence-corrected chi connectivity index (χ4v) is 3.12. The van der Waals surface area contributed by atoms with Gasteiger partial charge in [-0.3, -0.25) is 4.98 Å². The number of nitrogens with zero attached hydrogens (tertiary/aromatic N) is 3. The molecular weight excluding hydrogens is 465 g/mol. The van der Waals surface area contributed by atoms with Crippen molar-refractivity contribution in [2.75, 3.05) is 17.2 Å². The third-order valence-electron chi connectivity index (χ3n) is 3.50. The van der Waals surface area contributed by atoms with Gasteiger partial charge in [-0.25, -0.2) is 4.98 Å². The van der Waals surface area contributed by atoms with Crippen LogP contribution in [-0.4, -0.2) is 32.7 Å². The normalized spacial score (nSPS) is 11.8. The average molecular weight is 482 g/mol. The van der Waals surface area contributed by atoms with Gasteiger partial charge in [0.2, 0.25) is 5.95 Å². The molecule has 0 fully saturated rings. The Morgan fingerprint density at radius 3 is 2.69 bits per heavy atom. The molecule has 0 aliphatic carbocycles. The fraction of sp³-hybridized carbons (Fsp3) is 0.167. The number of aliphatic hydroxyl groups excluding tert-OH is 1. The largest absolute Gasteiger partial charge is 0.394 e. The van der Waals surface area contributed by atoms with Crippen LogP contribution in [0.4, 0.5) is 17.5 Å². The molecule has 0 saturated carbocycles. The van der Waals surface area contributed by atoms with Gasteiger partial charge in [0.15, 0.2) is 0 Å². The average Bonchev–Trinajstić information content (AvgIpc) is 2.64. The van der Waals surface area contributed by atoms with Crippen molar-refractivity contribution in [2.45, 2.75) is 13.0 Å². The molecule has 0 aliphatic rings. The molecule has 1 atom stereocenters. The molecule has 0 spiro atoms. The first-order chi connectivity index (χ1) is 12.5. The number of aliphatic hydroxyl groups is 1. The standard InChI is InChI=1S/C18H17ClIN5O/c1-11(10-26)22-18-24-16(15-4-2-3-7-21-15)9-17(25-18)23-14-6-5-12(20)8-13(14)19/h2-9,11,26H,10H2,1H3,(H2,22,23,24,25)/t11-/m1/s1. The van der Waals surface area contributed by atoms with E-state index in [1.807, 2.05) is 49.4 Å². The number of hydrogen-bond acceptors (Lipinski definition) is 6. The minimum Gasteiger partial charge on any atom is -0.394 e. The molecule has 1 aromatic carbocycles. The summed E-state index contributed by atoms with van der Waals surface area (Å²) in [5.41, 5.74) is 2.14. The van der Waals surface area contributed by atoms with Crippen molar-refractivity contribution >= 4 is 51.6 Å². The fourth-order valence-electron chi connectivity index (χ4n) is 2.22. The number of nitrogens with one attached hydrogen (secondary N) is 2. The molecule has 0 bridgehead atoms. The van der Waals surface area contributed by atoms with Gasteiger partial charge in [-0.05, 0) is 59.8 Å². The number of hydrogen-bond donors (Lipinski definition) is 3. The summed E-state index contributed by atoms with van der Waals surface area (Å²) >= 11 is 8.52. The van der Waals surface area contributed by atoms with Crippen LogP contribution in [0.5, 0.6) is 0 Å². The zero-order chi connectivity index (χ0) is 18.5. The van der Waals surface area contributed by atoms with Crippen molar-refractivity contribution in [3.05, 3.63) is 57.3 Å². The van der Waals surface area contributed by atoms with Crippen LogP contribution < -0.4 is 10.6 Å². The van der Waals surface area contributed by atoms with Gasteiger partial charge in [0.05, 0.1) is 28.7 Å². The second-order valence-electron chi connectivity index (χ2n) is 5.65. The third kappa shape index (κ3) is 4.80. The topological polar surface area (TPSA) is 83.0 Å². The molecule has 0 amide bonds. The number of aromatic nitrogens is 3. The predicted molar refractivity (Wildman–Crippen MR) is 113 cm³/mol. The highest BCUT2D eigenvalue weighted by Crippen LogP contribution is 2.28. The smallest absolute Gasteiger partial charge is 0.225 e. The maximum absolute atomic E-state index is 9.29. The minimum atomic E-state index is -0.177. The van der Waals surface area contributed by atoms with Gasteiger partial charge < -0.3 is 15.7 Å². The zero-order valence-corrected chi connectivity index (χ0v) is 16.9. The third-order valence-corrected chi connectivity index (χ3v) is 4.48. The molecule has 26 heavy (non-hydrogen) atoms. The molecule has 3 aromatic rings. The van der Waals surface area contributed by atoms with Gasteiger partial charge >= 0.3 is 0 Å². The van der Waals surface area contributed by atoms with E-state index < -0.39 is 0 Å². The number of pyridine rings is 1. The Balaban J connectivity index is 1.98. The molecule has 0 saturated heterocycles. The first kappa shape index (κ1) is 18.8. The first-order valence-corrected chi connectivity index (χ1v) is 9.41. The Morgan fingerprint density at radius 2 is 2.00 bits per heavy atom. The van der Waals surface area contributed by atoms with Crippen LogP contribution in [0.1, 0.15) is 6.92 Å². The maximum Gasteiger partial charge on any atom is 0.225 e. The second kappa shape index (κ2) is 8.61. The van der Waals surface area contributed by atoms with Crippen molar-refractivity contribution < 1.29 is 5.11 Å². The van der Waals surface area contributed by atoms with Crippen molar-refractivity contribution in [1.29, 1.82) is 0 Å². The SMILES string of the molecule is C[C@H](CO)Nc1nc(Nc2ccc(I)cc2Cl)cc(-c2ccccn2)n1. The van der Waals surface area contributed by atoms with E-state index in [4.69, 9.17) is 11.6 Å². The summed E-state index contributed by atoms with van der Waals surface area (Å²) in [5, 5.41) is 16.2. The predicted octanol–water partition coefficient (Wildman–Crippen LogP) is 4.33. The van der Waals surface area contributed by atoms with Crippen LogP contribution in [0.25, 0.3) is 11.4 Å². The van der Waals surface area contributed by atoms with E-state index in [1.54, 1.807) is 6.20 Å². The quantitative estimate of drug-likeness (QED) is 0.455. The van der Waals surface area contributed by atoms with Crippen molar-refractivity contribution in [3.63, 3.8) is 0 Å². The Kier molecular flexibility index (Phi) is 6.23. The summed E-state index contributed by atoms with van der Waals surface area (Å²) in [6.07, 6.45) is 1.71. The molecule has 134 valence electrons. The monoisotopic (exact) mass is 481 g/mol. The number of anilines is 3. The first-order valence-electron chi connectivity index (χ1n) is 7.95. The van der Waals surface area contributed by atoms with E-state index in [1.165, 1.54) is 0 Å². The lowest BCUT2D eigenvalue weighted by atomic mass is 10.2.